The molecule has 1 amide bonds. The number of ether oxygens (including phenoxy) is 1. The maximum Gasteiger partial charge on any atom is 0.234 e. The van der Waals surface area contributed by atoms with Gasteiger partial charge < -0.3 is 15.4 Å². The monoisotopic (exact) mass is 264 g/mol. The first-order chi connectivity index (χ1) is 9.06. The van der Waals surface area contributed by atoms with E-state index in [-0.39, 0.29) is 18.0 Å². The van der Waals surface area contributed by atoms with Crippen LogP contribution in [0.25, 0.3) is 0 Å². The number of hydrogen-bond donors (Lipinski definition) is 2. The zero-order valence-corrected chi connectivity index (χ0v) is 12.2. The summed E-state index contributed by atoms with van der Waals surface area (Å²) in [4.78, 5) is 11.7. The molecule has 1 aromatic rings. The van der Waals surface area contributed by atoms with Gasteiger partial charge in [0.05, 0.1) is 13.7 Å². The van der Waals surface area contributed by atoms with Crippen LogP contribution in [-0.4, -0.2) is 25.6 Å². The summed E-state index contributed by atoms with van der Waals surface area (Å²) in [5, 5.41) is 6.15. The van der Waals surface area contributed by atoms with Crippen LogP contribution in [0.5, 0.6) is 5.75 Å². The smallest absolute Gasteiger partial charge is 0.234 e. The van der Waals surface area contributed by atoms with Crippen molar-refractivity contribution >= 4 is 5.91 Å². The van der Waals surface area contributed by atoms with E-state index in [0.29, 0.717) is 6.54 Å². The number of methoxy groups -OCH3 is 1. The van der Waals surface area contributed by atoms with Crippen molar-refractivity contribution in [3.8, 4) is 5.75 Å². The van der Waals surface area contributed by atoms with Crippen LogP contribution in [0, 0.1) is 0 Å². The van der Waals surface area contributed by atoms with E-state index < -0.39 is 0 Å². The van der Waals surface area contributed by atoms with Crippen LogP contribution >= 0.6 is 0 Å². The van der Waals surface area contributed by atoms with E-state index in [2.05, 4.69) is 17.6 Å². The summed E-state index contributed by atoms with van der Waals surface area (Å²) in [5.41, 5.74) is 1.14. The van der Waals surface area contributed by atoms with Crippen LogP contribution in [0.15, 0.2) is 24.3 Å². The third-order valence-electron chi connectivity index (χ3n) is 3.20. The number of benzene rings is 1. The Morgan fingerprint density at radius 2 is 1.89 bits per heavy atom. The van der Waals surface area contributed by atoms with Crippen LogP contribution in [0.1, 0.15) is 38.8 Å². The number of carbonyl (C=O) groups is 1. The fraction of sp³-hybridized carbons (Fsp3) is 0.533. The van der Waals surface area contributed by atoms with Gasteiger partial charge in [-0.15, -0.1) is 0 Å². The molecule has 1 rings (SSSR count). The van der Waals surface area contributed by atoms with Crippen molar-refractivity contribution < 1.29 is 9.53 Å². The molecule has 0 aliphatic carbocycles. The van der Waals surface area contributed by atoms with Gasteiger partial charge in [-0.2, -0.15) is 0 Å². The lowest BCUT2D eigenvalue weighted by Gasteiger charge is -2.16. The number of rotatable bonds is 7. The summed E-state index contributed by atoms with van der Waals surface area (Å²) in [7, 11) is 1.65. The molecule has 4 nitrogen and oxygen atoms in total. The number of nitrogens with one attached hydrogen (secondary N) is 2. The molecular formula is C15H24N2O2. The van der Waals surface area contributed by atoms with Gasteiger partial charge in [0.1, 0.15) is 5.75 Å². The summed E-state index contributed by atoms with van der Waals surface area (Å²) in [6.07, 6.45) is 0.944. The molecule has 0 radical (unpaired) electrons. The first kappa shape index (κ1) is 15.5. The summed E-state index contributed by atoms with van der Waals surface area (Å²) in [5.74, 6) is 0.875. The van der Waals surface area contributed by atoms with Crippen LogP contribution in [0.4, 0.5) is 0 Å². The molecule has 0 aliphatic rings. The van der Waals surface area contributed by atoms with Gasteiger partial charge in [0.2, 0.25) is 5.91 Å². The fourth-order valence-electron chi connectivity index (χ4n) is 1.68. The van der Waals surface area contributed by atoms with Crippen molar-refractivity contribution in [1.82, 2.24) is 10.6 Å². The van der Waals surface area contributed by atoms with Gasteiger partial charge in [0.25, 0.3) is 0 Å². The van der Waals surface area contributed by atoms with Gasteiger partial charge in [0.15, 0.2) is 0 Å². The highest BCUT2D eigenvalue weighted by atomic mass is 16.5. The van der Waals surface area contributed by atoms with Gasteiger partial charge in [0, 0.05) is 12.1 Å². The molecule has 0 aliphatic heterocycles. The first-order valence-electron chi connectivity index (χ1n) is 6.73. The predicted molar refractivity (Wildman–Crippen MR) is 77.3 cm³/mol. The quantitative estimate of drug-likeness (QED) is 0.794. The van der Waals surface area contributed by atoms with Crippen molar-refractivity contribution in [2.24, 2.45) is 0 Å². The zero-order chi connectivity index (χ0) is 14.3. The van der Waals surface area contributed by atoms with Crippen molar-refractivity contribution in [2.75, 3.05) is 13.7 Å². The SMILES string of the molecule is CCC(C)NC(=O)CNC(C)c1ccc(OC)cc1. The van der Waals surface area contributed by atoms with Crippen molar-refractivity contribution in [3.05, 3.63) is 29.8 Å². The second kappa shape index (κ2) is 7.79. The van der Waals surface area contributed by atoms with Crippen molar-refractivity contribution in [2.45, 2.75) is 39.3 Å². The Kier molecular flexibility index (Phi) is 6.36. The summed E-state index contributed by atoms with van der Waals surface area (Å²) < 4.78 is 5.12. The molecule has 2 atom stereocenters. The van der Waals surface area contributed by atoms with Crippen molar-refractivity contribution in [3.63, 3.8) is 0 Å². The van der Waals surface area contributed by atoms with Crippen LogP contribution in [0.2, 0.25) is 0 Å². The van der Waals surface area contributed by atoms with Gasteiger partial charge in [-0.25, -0.2) is 0 Å². The summed E-state index contributed by atoms with van der Waals surface area (Å²) in [6, 6.07) is 8.21. The van der Waals surface area contributed by atoms with E-state index in [1.807, 2.05) is 38.1 Å². The molecule has 106 valence electrons. The topological polar surface area (TPSA) is 50.4 Å². The average Bonchev–Trinajstić information content (AvgIpc) is 2.44. The third-order valence-corrected chi connectivity index (χ3v) is 3.20. The summed E-state index contributed by atoms with van der Waals surface area (Å²) in [6.45, 7) is 6.43. The first-order valence-corrected chi connectivity index (χ1v) is 6.73. The highest BCUT2D eigenvalue weighted by Gasteiger charge is 2.09. The van der Waals surface area contributed by atoms with Crippen LogP contribution in [-0.2, 0) is 4.79 Å². The van der Waals surface area contributed by atoms with E-state index in [1.165, 1.54) is 0 Å². The Labute approximate surface area is 115 Å². The molecule has 0 saturated heterocycles. The lowest BCUT2D eigenvalue weighted by Crippen LogP contribution is -2.39. The molecule has 0 spiro atoms. The average molecular weight is 264 g/mol. The number of carbonyl (C=O) groups excluding carboxylic acids is 1. The minimum absolute atomic E-state index is 0.0368. The van der Waals surface area contributed by atoms with Crippen molar-refractivity contribution in [1.29, 1.82) is 0 Å². The number of amides is 1. The number of hydrogen-bond acceptors (Lipinski definition) is 3. The van der Waals surface area contributed by atoms with E-state index in [4.69, 9.17) is 4.74 Å². The highest BCUT2D eigenvalue weighted by molar-refractivity contribution is 5.78. The minimum atomic E-state index is 0.0368. The van der Waals surface area contributed by atoms with E-state index >= 15 is 0 Å². The van der Waals surface area contributed by atoms with Crippen LogP contribution < -0.4 is 15.4 Å². The predicted octanol–water partition coefficient (Wildman–Crippen LogP) is 2.26. The Balaban J connectivity index is 2.41. The van der Waals surface area contributed by atoms with E-state index in [9.17, 15) is 4.79 Å². The lowest BCUT2D eigenvalue weighted by molar-refractivity contribution is -0.120. The largest absolute Gasteiger partial charge is 0.497 e. The van der Waals surface area contributed by atoms with Gasteiger partial charge in [-0.1, -0.05) is 19.1 Å². The maximum atomic E-state index is 11.7. The molecule has 0 aromatic heterocycles. The van der Waals surface area contributed by atoms with Crippen LogP contribution in [0.3, 0.4) is 0 Å². The molecule has 0 bridgehead atoms. The van der Waals surface area contributed by atoms with E-state index in [1.54, 1.807) is 7.11 Å². The van der Waals surface area contributed by atoms with Gasteiger partial charge in [-0.05, 0) is 38.0 Å². The minimum Gasteiger partial charge on any atom is -0.497 e. The molecule has 2 N–H and O–H groups in total. The molecule has 0 heterocycles. The molecule has 4 heteroatoms. The second-order valence-electron chi connectivity index (χ2n) is 4.75. The third kappa shape index (κ3) is 5.30. The molecule has 1 aromatic carbocycles. The molecule has 19 heavy (non-hydrogen) atoms. The standard InChI is InChI=1S/C15H24N2O2/c1-5-11(2)17-15(18)10-16-12(3)13-6-8-14(19-4)9-7-13/h6-9,11-12,16H,5,10H2,1-4H3,(H,17,18). The molecular weight excluding hydrogens is 240 g/mol. The molecule has 0 fully saturated rings. The fourth-order valence-corrected chi connectivity index (χ4v) is 1.68. The van der Waals surface area contributed by atoms with Gasteiger partial charge in [-0.3, -0.25) is 4.79 Å². The van der Waals surface area contributed by atoms with E-state index in [0.717, 1.165) is 17.7 Å². The highest BCUT2D eigenvalue weighted by Crippen LogP contribution is 2.16. The second-order valence-corrected chi connectivity index (χ2v) is 4.75. The Hall–Kier alpha value is -1.55. The molecule has 0 saturated carbocycles. The normalized spacial score (nSPS) is 13.7. The molecule has 2 unspecified atom stereocenters. The summed E-state index contributed by atoms with van der Waals surface area (Å²) >= 11 is 0. The Morgan fingerprint density at radius 1 is 1.26 bits per heavy atom. The maximum absolute atomic E-state index is 11.7. The Morgan fingerprint density at radius 3 is 2.42 bits per heavy atom. The lowest BCUT2D eigenvalue weighted by atomic mass is 10.1. The zero-order valence-electron chi connectivity index (χ0n) is 12.2. The van der Waals surface area contributed by atoms with Gasteiger partial charge >= 0.3 is 0 Å². The Bertz CT molecular complexity index is 390.